The van der Waals surface area contributed by atoms with Gasteiger partial charge in [-0.15, -0.1) is 11.3 Å². The number of benzene rings is 2. The van der Waals surface area contributed by atoms with Crippen molar-refractivity contribution in [3.8, 4) is 11.5 Å². The van der Waals surface area contributed by atoms with E-state index < -0.39 is 0 Å². The molecule has 3 heterocycles. The summed E-state index contributed by atoms with van der Waals surface area (Å²) in [6, 6.07) is 15.0. The monoisotopic (exact) mass is 418 g/mol. The van der Waals surface area contributed by atoms with Gasteiger partial charge in [-0.1, -0.05) is 12.1 Å². The first-order valence-electron chi connectivity index (χ1n) is 9.66. The number of carbonyl (C=O) groups is 2. The lowest BCUT2D eigenvalue weighted by Gasteiger charge is -2.10. The van der Waals surface area contributed by atoms with E-state index in [0.717, 1.165) is 23.1 Å². The summed E-state index contributed by atoms with van der Waals surface area (Å²) in [5, 5.41) is 5.38. The second kappa shape index (κ2) is 7.72. The summed E-state index contributed by atoms with van der Waals surface area (Å²) in [6.07, 6.45) is 1.58. The van der Waals surface area contributed by atoms with Crippen molar-refractivity contribution in [2.75, 3.05) is 16.8 Å². The highest BCUT2D eigenvalue weighted by Crippen LogP contribution is 2.27. The molecule has 2 aromatic heterocycles. The van der Waals surface area contributed by atoms with Gasteiger partial charge in [0.05, 0.1) is 12.1 Å². The molecule has 0 saturated carbocycles. The Balaban J connectivity index is 1.23. The summed E-state index contributed by atoms with van der Waals surface area (Å²) in [5.74, 6) is 0.481. The molecule has 150 valence electrons. The molecule has 1 aliphatic heterocycles. The number of para-hydroxylation sites is 2. The second-order valence-electron chi connectivity index (χ2n) is 7.06. The number of anilines is 2. The zero-order valence-electron chi connectivity index (χ0n) is 16.0. The summed E-state index contributed by atoms with van der Waals surface area (Å²) in [4.78, 5) is 34.8. The lowest BCUT2D eigenvalue weighted by atomic mass is 10.2. The van der Waals surface area contributed by atoms with E-state index in [1.165, 1.54) is 11.3 Å². The van der Waals surface area contributed by atoms with Crippen LogP contribution in [0.3, 0.4) is 0 Å². The van der Waals surface area contributed by atoms with E-state index in [1.807, 2.05) is 53.9 Å². The molecule has 0 unspecified atom stereocenters. The van der Waals surface area contributed by atoms with Crippen LogP contribution in [0.1, 0.15) is 18.5 Å². The fourth-order valence-electron chi connectivity index (χ4n) is 3.41. The largest absolute Gasteiger partial charge is 0.436 e. The molecule has 7 nitrogen and oxygen atoms in total. The minimum Gasteiger partial charge on any atom is -0.436 e. The predicted octanol–water partition coefficient (Wildman–Crippen LogP) is 4.26. The number of hydrogen-bond acceptors (Lipinski definition) is 6. The maximum Gasteiger partial charge on any atom is 0.230 e. The number of amides is 2. The molecular weight excluding hydrogens is 400 g/mol. The Morgan fingerprint density at radius 1 is 1.13 bits per heavy atom. The molecule has 1 fully saturated rings. The van der Waals surface area contributed by atoms with Gasteiger partial charge in [0.15, 0.2) is 10.7 Å². The quantitative estimate of drug-likeness (QED) is 0.523. The van der Waals surface area contributed by atoms with Gasteiger partial charge in [0, 0.05) is 29.6 Å². The average Bonchev–Trinajstić information content (AvgIpc) is 3.47. The molecule has 1 saturated heterocycles. The molecule has 0 spiro atoms. The van der Waals surface area contributed by atoms with Crippen LogP contribution < -0.4 is 10.2 Å². The molecule has 8 heteroatoms. The highest BCUT2D eigenvalue weighted by atomic mass is 32.1. The van der Waals surface area contributed by atoms with E-state index in [4.69, 9.17) is 4.42 Å². The van der Waals surface area contributed by atoms with Crippen molar-refractivity contribution in [1.29, 1.82) is 0 Å². The molecule has 1 N–H and O–H groups in total. The van der Waals surface area contributed by atoms with Crippen LogP contribution in [0.4, 0.5) is 10.8 Å². The number of carbonyl (C=O) groups excluding carboxylic acids is 2. The number of fused-ring (bicyclic) bond motifs is 1. The molecule has 2 aromatic carbocycles. The Labute approximate surface area is 176 Å². The smallest absolute Gasteiger partial charge is 0.230 e. The fourth-order valence-corrected chi connectivity index (χ4v) is 4.28. The topological polar surface area (TPSA) is 88.3 Å². The Morgan fingerprint density at radius 3 is 2.73 bits per heavy atom. The highest BCUT2D eigenvalue weighted by molar-refractivity contribution is 7.14. The summed E-state index contributed by atoms with van der Waals surface area (Å²) in [7, 11) is 0. The van der Waals surface area contributed by atoms with E-state index >= 15 is 0 Å². The number of hydrogen-bond donors (Lipinski definition) is 1. The van der Waals surface area contributed by atoms with E-state index in [1.54, 1.807) is 4.90 Å². The van der Waals surface area contributed by atoms with Crippen LogP contribution in [0.15, 0.2) is 58.3 Å². The van der Waals surface area contributed by atoms with Crippen molar-refractivity contribution in [3.63, 3.8) is 0 Å². The van der Waals surface area contributed by atoms with Crippen LogP contribution >= 0.6 is 11.3 Å². The van der Waals surface area contributed by atoms with E-state index in [-0.39, 0.29) is 18.2 Å². The molecule has 30 heavy (non-hydrogen) atoms. The third-order valence-corrected chi connectivity index (χ3v) is 5.81. The summed E-state index contributed by atoms with van der Waals surface area (Å²) >= 11 is 1.40. The molecule has 0 radical (unpaired) electrons. The van der Waals surface area contributed by atoms with Gasteiger partial charge in [0.25, 0.3) is 0 Å². The van der Waals surface area contributed by atoms with Crippen LogP contribution in [-0.4, -0.2) is 28.3 Å². The minimum absolute atomic E-state index is 0.0967. The van der Waals surface area contributed by atoms with E-state index in [0.29, 0.717) is 35.4 Å². The van der Waals surface area contributed by atoms with Gasteiger partial charge < -0.3 is 9.73 Å². The van der Waals surface area contributed by atoms with Crippen LogP contribution in [0, 0.1) is 0 Å². The third-order valence-electron chi connectivity index (χ3n) is 4.90. The van der Waals surface area contributed by atoms with Gasteiger partial charge in [-0.3, -0.25) is 14.5 Å². The molecule has 0 bridgehead atoms. The van der Waals surface area contributed by atoms with Gasteiger partial charge in [-0.2, -0.15) is 0 Å². The Morgan fingerprint density at radius 2 is 1.97 bits per heavy atom. The van der Waals surface area contributed by atoms with Crippen molar-refractivity contribution >= 4 is 45.1 Å². The van der Waals surface area contributed by atoms with Crippen LogP contribution in [0.5, 0.6) is 0 Å². The Kier molecular flexibility index (Phi) is 4.76. The minimum atomic E-state index is -0.158. The first-order valence-corrected chi connectivity index (χ1v) is 10.5. The van der Waals surface area contributed by atoms with Crippen LogP contribution in [-0.2, 0) is 16.0 Å². The van der Waals surface area contributed by atoms with E-state index in [9.17, 15) is 9.59 Å². The molecule has 5 rings (SSSR count). The SMILES string of the molecule is O=C(Cc1csc(N2CCCC2=O)n1)Nc1ccc(-c2nc3ccccc3o2)cc1. The first-order chi connectivity index (χ1) is 14.7. The number of nitrogens with zero attached hydrogens (tertiary/aromatic N) is 3. The first kappa shape index (κ1) is 18.5. The zero-order valence-corrected chi connectivity index (χ0v) is 16.8. The van der Waals surface area contributed by atoms with Gasteiger partial charge in [0.2, 0.25) is 17.7 Å². The molecular formula is C22H18N4O3S. The van der Waals surface area contributed by atoms with Crippen molar-refractivity contribution in [2.24, 2.45) is 0 Å². The maximum atomic E-state index is 12.4. The summed E-state index contributed by atoms with van der Waals surface area (Å²) in [5.41, 5.74) is 3.73. The van der Waals surface area contributed by atoms with Crippen LogP contribution in [0.25, 0.3) is 22.6 Å². The lowest BCUT2D eigenvalue weighted by molar-refractivity contribution is -0.117. The number of oxazole rings is 1. The standard InChI is InChI=1S/C22H18N4O3S/c27-19(12-16-13-30-22(24-16)26-11-3-6-20(26)28)23-15-9-7-14(8-10-15)21-25-17-4-1-2-5-18(17)29-21/h1-2,4-5,7-10,13H,3,6,11-12H2,(H,23,27). The highest BCUT2D eigenvalue weighted by Gasteiger charge is 2.24. The third kappa shape index (κ3) is 3.69. The molecule has 4 aromatic rings. The van der Waals surface area contributed by atoms with Gasteiger partial charge >= 0.3 is 0 Å². The lowest BCUT2D eigenvalue weighted by Crippen LogP contribution is -2.23. The average molecular weight is 418 g/mol. The number of nitrogens with one attached hydrogen (secondary N) is 1. The second-order valence-corrected chi connectivity index (χ2v) is 7.90. The fraction of sp³-hybridized carbons (Fsp3) is 0.182. The number of aromatic nitrogens is 2. The maximum absolute atomic E-state index is 12.4. The Bertz CT molecular complexity index is 1200. The van der Waals surface area contributed by atoms with Gasteiger partial charge in [-0.05, 0) is 42.8 Å². The molecule has 1 aliphatic rings. The summed E-state index contributed by atoms with van der Waals surface area (Å²) < 4.78 is 5.77. The van der Waals surface area contributed by atoms with E-state index in [2.05, 4.69) is 15.3 Å². The normalized spacial score (nSPS) is 13.9. The van der Waals surface area contributed by atoms with Crippen molar-refractivity contribution in [2.45, 2.75) is 19.3 Å². The number of rotatable bonds is 5. The number of thiazole rings is 1. The van der Waals surface area contributed by atoms with Crippen molar-refractivity contribution in [3.05, 3.63) is 59.6 Å². The van der Waals surface area contributed by atoms with Gasteiger partial charge in [-0.25, -0.2) is 9.97 Å². The molecule has 0 aliphatic carbocycles. The zero-order chi connectivity index (χ0) is 20.5. The van der Waals surface area contributed by atoms with Crippen LogP contribution in [0.2, 0.25) is 0 Å². The molecule has 2 amide bonds. The Hall–Kier alpha value is -3.52. The molecule has 0 atom stereocenters. The summed E-state index contributed by atoms with van der Waals surface area (Å²) in [6.45, 7) is 0.699. The van der Waals surface area contributed by atoms with Crippen molar-refractivity contribution in [1.82, 2.24) is 9.97 Å². The van der Waals surface area contributed by atoms with Crippen molar-refractivity contribution < 1.29 is 14.0 Å². The predicted molar refractivity (Wildman–Crippen MR) is 115 cm³/mol. The van der Waals surface area contributed by atoms with Gasteiger partial charge in [0.1, 0.15) is 5.52 Å².